The maximum atomic E-state index is 11.1. The maximum absolute atomic E-state index is 11.1. The number of fused-ring (bicyclic) bond motifs is 1. The summed E-state index contributed by atoms with van der Waals surface area (Å²) in [4.78, 5) is 11.1. The minimum atomic E-state index is -0.155. The van der Waals surface area contributed by atoms with Crippen molar-refractivity contribution in [3.8, 4) is 0 Å². The lowest BCUT2D eigenvalue weighted by Crippen LogP contribution is -2.03. The van der Waals surface area contributed by atoms with Gasteiger partial charge in [0.05, 0.1) is 7.11 Å². The van der Waals surface area contributed by atoms with Crippen LogP contribution in [0.1, 0.15) is 24.0 Å². The highest BCUT2D eigenvalue weighted by atomic mass is 16.5. The highest BCUT2D eigenvalue weighted by Gasteiger charge is 2.08. The van der Waals surface area contributed by atoms with Gasteiger partial charge in [-0.15, -0.1) is 0 Å². The lowest BCUT2D eigenvalue weighted by molar-refractivity contribution is -0.140. The fraction of sp³-hybridized carbons (Fsp3) is 0.333. The van der Waals surface area contributed by atoms with Crippen LogP contribution in [0.4, 0.5) is 0 Å². The Bertz CT molecular complexity index is 569. The lowest BCUT2D eigenvalue weighted by atomic mass is 10.1. The van der Waals surface area contributed by atoms with Gasteiger partial charge in [0, 0.05) is 30.1 Å². The van der Waals surface area contributed by atoms with Crippen LogP contribution >= 0.6 is 0 Å². The highest BCUT2D eigenvalue weighted by molar-refractivity contribution is 5.87. The van der Waals surface area contributed by atoms with Crippen LogP contribution in [0.3, 0.4) is 0 Å². The lowest BCUT2D eigenvalue weighted by Gasteiger charge is -2.05. The van der Waals surface area contributed by atoms with Gasteiger partial charge < -0.3 is 9.30 Å². The molecule has 0 saturated carbocycles. The predicted octanol–water partition coefficient (Wildman–Crippen LogP) is 3.09. The van der Waals surface area contributed by atoms with E-state index in [1.54, 1.807) is 0 Å². The van der Waals surface area contributed by atoms with Crippen LogP contribution in [0.5, 0.6) is 0 Å². The second-order valence-electron chi connectivity index (χ2n) is 4.50. The van der Waals surface area contributed by atoms with Crippen molar-refractivity contribution in [2.45, 2.75) is 26.3 Å². The van der Waals surface area contributed by atoms with Crippen LogP contribution in [0, 0.1) is 13.8 Å². The summed E-state index contributed by atoms with van der Waals surface area (Å²) in [5.41, 5.74) is 3.47. The molecular weight excluding hydrogens is 226 g/mol. The number of aryl methyl sites for hydroxylation is 2. The maximum Gasteiger partial charge on any atom is 0.305 e. The minimum absolute atomic E-state index is 0.155. The minimum Gasteiger partial charge on any atom is -0.469 e. The second-order valence-corrected chi connectivity index (χ2v) is 4.50. The van der Waals surface area contributed by atoms with Crippen molar-refractivity contribution < 1.29 is 9.53 Å². The van der Waals surface area contributed by atoms with Gasteiger partial charge in [-0.3, -0.25) is 4.79 Å². The Morgan fingerprint density at radius 1 is 1.44 bits per heavy atom. The van der Waals surface area contributed by atoms with E-state index in [-0.39, 0.29) is 5.97 Å². The van der Waals surface area contributed by atoms with Crippen molar-refractivity contribution in [2.75, 3.05) is 7.11 Å². The first-order valence-corrected chi connectivity index (χ1v) is 6.10. The summed E-state index contributed by atoms with van der Waals surface area (Å²) in [6.45, 7) is 6.98. The largest absolute Gasteiger partial charge is 0.469 e. The normalized spacial score (nSPS) is 10.8. The van der Waals surface area contributed by atoms with Crippen LogP contribution in [-0.2, 0) is 16.1 Å². The molecular formula is C15H18NO2. The fourth-order valence-electron chi connectivity index (χ4n) is 2.31. The molecule has 0 atom stereocenters. The Morgan fingerprint density at radius 2 is 2.22 bits per heavy atom. The van der Waals surface area contributed by atoms with Crippen molar-refractivity contribution in [1.82, 2.24) is 4.57 Å². The third kappa shape index (κ3) is 2.40. The first-order chi connectivity index (χ1) is 8.63. The van der Waals surface area contributed by atoms with Crippen molar-refractivity contribution >= 4 is 16.9 Å². The molecule has 3 heteroatoms. The van der Waals surface area contributed by atoms with Gasteiger partial charge in [0.2, 0.25) is 0 Å². The number of methoxy groups -OCH3 is 1. The van der Waals surface area contributed by atoms with Crippen molar-refractivity contribution in [3.05, 3.63) is 42.4 Å². The Labute approximate surface area is 107 Å². The molecule has 2 rings (SSSR count). The molecule has 2 aromatic rings. The van der Waals surface area contributed by atoms with E-state index in [9.17, 15) is 4.79 Å². The zero-order valence-electron chi connectivity index (χ0n) is 10.9. The molecule has 0 aliphatic heterocycles. The smallest absolute Gasteiger partial charge is 0.305 e. The summed E-state index contributed by atoms with van der Waals surface area (Å²) in [7, 11) is 1.42. The number of aromatic nitrogens is 1. The Hall–Kier alpha value is -1.77. The third-order valence-electron chi connectivity index (χ3n) is 3.20. The molecule has 1 radical (unpaired) electrons. The first kappa shape index (κ1) is 12.7. The molecule has 18 heavy (non-hydrogen) atoms. The molecule has 0 unspecified atom stereocenters. The molecule has 0 aliphatic carbocycles. The fourth-order valence-corrected chi connectivity index (χ4v) is 2.31. The molecule has 0 N–H and O–H groups in total. The Morgan fingerprint density at radius 3 is 2.94 bits per heavy atom. The topological polar surface area (TPSA) is 31.2 Å². The molecule has 0 amide bonds. The van der Waals surface area contributed by atoms with E-state index < -0.39 is 0 Å². The first-order valence-electron chi connectivity index (χ1n) is 6.10. The van der Waals surface area contributed by atoms with Gasteiger partial charge in [-0.25, -0.2) is 0 Å². The molecule has 1 aromatic carbocycles. The van der Waals surface area contributed by atoms with Crippen molar-refractivity contribution in [2.24, 2.45) is 0 Å². The summed E-state index contributed by atoms with van der Waals surface area (Å²) in [6, 6.07) is 6.23. The number of hydrogen-bond donors (Lipinski definition) is 0. The van der Waals surface area contributed by atoms with Gasteiger partial charge in [0.25, 0.3) is 0 Å². The van der Waals surface area contributed by atoms with Gasteiger partial charge in [0.15, 0.2) is 0 Å². The molecule has 3 nitrogen and oxygen atoms in total. The van der Waals surface area contributed by atoms with E-state index in [0.717, 1.165) is 18.5 Å². The van der Waals surface area contributed by atoms with E-state index in [2.05, 4.69) is 41.5 Å². The number of ether oxygens (including phenoxy) is 1. The standard InChI is InChI=1S/C15H18NO2/c1-11-6-4-7-13-15(11)12(2)10-16(13)9-5-8-14(17)18-3/h4,6-7,10H,2,5,8-9H2,1,3H3. The van der Waals surface area contributed by atoms with Gasteiger partial charge in [-0.1, -0.05) is 12.1 Å². The number of nitrogens with zero attached hydrogens (tertiary/aromatic N) is 1. The monoisotopic (exact) mass is 244 g/mol. The quantitative estimate of drug-likeness (QED) is 0.774. The van der Waals surface area contributed by atoms with Gasteiger partial charge >= 0.3 is 5.97 Å². The van der Waals surface area contributed by atoms with E-state index in [1.807, 2.05) is 6.07 Å². The summed E-state index contributed by atoms with van der Waals surface area (Å²) in [5, 5.41) is 1.22. The van der Waals surface area contributed by atoms with E-state index >= 15 is 0 Å². The third-order valence-corrected chi connectivity index (χ3v) is 3.20. The highest BCUT2D eigenvalue weighted by Crippen LogP contribution is 2.24. The van der Waals surface area contributed by atoms with Crippen molar-refractivity contribution in [3.63, 3.8) is 0 Å². The summed E-state index contributed by atoms with van der Waals surface area (Å²) >= 11 is 0. The average Bonchev–Trinajstić information content (AvgIpc) is 2.67. The van der Waals surface area contributed by atoms with Crippen molar-refractivity contribution in [1.29, 1.82) is 0 Å². The second kappa shape index (κ2) is 5.25. The Kier molecular flexibility index (Phi) is 3.70. The van der Waals surface area contributed by atoms with Crippen LogP contribution in [0.2, 0.25) is 0 Å². The molecule has 0 fully saturated rings. The summed E-state index contributed by atoms with van der Waals surface area (Å²) in [6.07, 6.45) is 3.28. The molecule has 0 bridgehead atoms. The van der Waals surface area contributed by atoms with Gasteiger partial charge in [-0.2, -0.15) is 0 Å². The predicted molar refractivity (Wildman–Crippen MR) is 72.4 cm³/mol. The van der Waals surface area contributed by atoms with E-state index in [1.165, 1.54) is 23.6 Å². The summed E-state index contributed by atoms with van der Waals surface area (Å²) < 4.78 is 6.80. The van der Waals surface area contributed by atoms with Crippen LogP contribution in [0.25, 0.3) is 10.9 Å². The summed E-state index contributed by atoms with van der Waals surface area (Å²) in [5.74, 6) is -0.155. The number of carbonyl (C=O) groups excluding carboxylic acids is 1. The number of esters is 1. The molecule has 0 saturated heterocycles. The van der Waals surface area contributed by atoms with E-state index in [4.69, 9.17) is 0 Å². The zero-order chi connectivity index (χ0) is 13.1. The van der Waals surface area contributed by atoms with Gasteiger partial charge in [0.1, 0.15) is 0 Å². The van der Waals surface area contributed by atoms with Gasteiger partial charge in [-0.05, 0) is 37.5 Å². The Balaban J connectivity index is 2.19. The molecule has 95 valence electrons. The van der Waals surface area contributed by atoms with Crippen LogP contribution < -0.4 is 0 Å². The molecule has 0 spiro atoms. The number of carbonyl (C=O) groups is 1. The molecule has 1 heterocycles. The van der Waals surface area contributed by atoms with Crippen LogP contribution in [0.15, 0.2) is 24.4 Å². The van der Waals surface area contributed by atoms with E-state index in [0.29, 0.717) is 6.42 Å². The van der Waals surface area contributed by atoms with Crippen LogP contribution in [-0.4, -0.2) is 17.6 Å². The number of hydrogen-bond acceptors (Lipinski definition) is 2. The molecule has 1 aromatic heterocycles. The SMILES string of the molecule is [CH2]c1cn(CCCC(=O)OC)c2cccc(C)c12. The molecule has 0 aliphatic rings. The average molecular weight is 244 g/mol. The number of rotatable bonds is 4. The number of benzene rings is 1. The zero-order valence-corrected chi connectivity index (χ0v) is 10.9.